The number of epoxide rings is 1. The number of carbonyl (C=O) groups excluding carboxylic acids is 2. The van der Waals surface area contributed by atoms with Crippen molar-refractivity contribution in [2.24, 2.45) is 5.73 Å². The maximum absolute atomic E-state index is 12.6. The highest BCUT2D eigenvalue weighted by molar-refractivity contribution is 7.47. The van der Waals surface area contributed by atoms with Crippen molar-refractivity contribution in [3.05, 3.63) is 85.1 Å². The first-order valence-corrected chi connectivity index (χ1v) is 23.2. The van der Waals surface area contributed by atoms with Gasteiger partial charge in [0.15, 0.2) is 6.10 Å². The number of phosphoric ester groups is 1. The Balaban J connectivity index is 2.36. The summed E-state index contributed by atoms with van der Waals surface area (Å²) in [5.74, 6) is -2.53. The molecule has 13 heteroatoms. The van der Waals surface area contributed by atoms with E-state index in [-0.39, 0.29) is 12.8 Å². The molecule has 3 unspecified atom stereocenters. The number of phosphoric acid groups is 1. The highest BCUT2D eigenvalue weighted by Gasteiger charge is 2.36. The zero-order valence-electron chi connectivity index (χ0n) is 35.7. The van der Waals surface area contributed by atoms with Crippen LogP contribution in [-0.4, -0.2) is 72.1 Å². The Morgan fingerprint density at radius 1 is 0.644 bits per heavy atom. The van der Waals surface area contributed by atoms with E-state index >= 15 is 0 Å². The second-order valence-corrected chi connectivity index (χ2v) is 15.9. The summed E-state index contributed by atoms with van der Waals surface area (Å²) < 4.78 is 38.4. The summed E-state index contributed by atoms with van der Waals surface area (Å²) in [6.45, 7) is 2.54. The Hall–Kier alpha value is -3.38. The fourth-order valence-electron chi connectivity index (χ4n) is 5.57. The molecule has 0 radical (unpaired) electrons. The predicted octanol–water partition coefficient (Wildman–Crippen LogP) is 10.5. The van der Waals surface area contributed by atoms with Gasteiger partial charge in [-0.3, -0.25) is 23.4 Å². The van der Waals surface area contributed by atoms with Gasteiger partial charge in [-0.15, -0.1) is 0 Å². The topological polar surface area (TPSA) is 184 Å². The summed E-state index contributed by atoms with van der Waals surface area (Å²) in [5, 5.41) is 8.89. The molecule has 59 heavy (non-hydrogen) atoms. The van der Waals surface area contributed by atoms with Crippen molar-refractivity contribution in [3.8, 4) is 0 Å². The van der Waals surface area contributed by atoms with Crippen LogP contribution in [0.25, 0.3) is 0 Å². The lowest BCUT2D eigenvalue weighted by Gasteiger charge is -2.20. The molecule has 1 heterocycles. The van der Waals surface area contributed by atoms with Crippen LogP contribution in [0.2, 0.25) is 0 Å². The Morgan fingerprint density at radius 3 is 1.81 bits per heavy atom. The van der Waals surface area contributed by atoms with Crippen LogP contribution >= 0.6 is 7.82 Å². The van der Waals surface area contributed by atoms with Crippen LogP contribution in [0.1, 0.15) is 142 Å². The molecule has 0 amide bonds. The summed E-state index contributed by atoms with van der Waals surface area (Å²) >= 11 is 0. The maximum Gasteiger partial charge on any atom is 0.472 e. The molecule has 1 fully saturated rings. The van der Waals surface area contributed by atoms with Crippen molar-refractivity contribution in [2.75, 3.05) is 19.8 Å². The van der Waals surface area contributed by atoms with Crippen molar-refractivity contribution in [1.29, 1.82) is 0 Å². The number of esters is 2. The molecule has 0 aliphatic carbocycles. The standard InChI is InChI=1S/C46H74NO11P/c1-3-5-7-9-11-12-13-14-15-16-17-18-19-20-21-22-23-27-32-36-45(49)57-40(38-55-59(52,53)56-39-41(47)46(50)51)37-54-44(48)35-31-28-24-26-30-34-43-42(58-43)33-29-25-10-8-6-4-2/h5,7,11-12,14-15,17-18,20-21,23,25,27,29,40-43H,3-4,6,8-10,13,16,19,22,24,26,28,30-39,47H2,1-2H3,(H,50,51)(H,52,53)/b7-5-,12-11-,15-14-,18-17-,21-20-,27-23-,29-25-/t40-,41+,42?,43?/m1/s1. The number of unbranched alkanes of at least 4 members (excludes halogenated alkanes) is 7. The number of nitrogens with two attached hydrogens (primary N) is 1. The minimum atomic E-state index is -4.75. The normalized spacial score (nSPS) is 18.0. The van der Waals surface area contributed by atoms with Crippen LogP contribution in [0.4, 0.5) is 0 Å². The molecule has 5 atom stereocenters. The number of allylic oxidation sites excluding steroid dienone is 13. The zero-order valence-corrected chi connectivity index (χ0v) is 36.6. The molecule has 0 bridgehead atoms. The van der Waals surface area contributed by atoms with Gasteiger partial charge >= 0.3 is 25.7 Å². The maximum atomic E-state index is 12.6. The number of rotatable bonds is 38. The average molecular weight is 848 g/mol. The minimum Gasteiger partial charge on any atom is -0.480 e. The lowest BCUT2D eigenvalue weighted by atomic mass is 10.1. The van der Waals surface area contributed by atoms with Gasteiger partial charge < -0.3 is 29.9 Å². The van der Waals surface area contributed by atoms with Crippen LogP contribution < -0.4 is 5.73 Å². The van der Waals surface area contributed by atoms with E-state index in [1.165, 1.54) is 19.3 Å². The Labute approximate surface area is 354 Å². The Bertz CT molecular complexity index is 1390. The summed E-state index contributed by atoms with van der Waals surface area (Å²) in [6, 6.07) is -1.54. The first-order valence-electron chi connectivity index (χ1n) is 21.7. The summed E-state index contributed by atoms with van der Waals surface area (Å²) in [5.41, 5.74) is 5.33. The lowest BCUT2D eigenvalue weighted by Crippen LogP contribution is -2.34. The first-order chi connectivity index (χ1) is 28.6. The van der Waals surface area contributed by atoms with Gasteiger partial charge in [0.1, 0.15) is 12.6 Å². The van der Waals surface area contributed by atoms with Gasteiger partial charge in [0.05, 0.1) is 25.4 Å². The minimum absolute atomic E-state index is 0.0249. The molecule has 12 nitrogen and oxygen atoms in total. The molecule has 334 valence electrons. The third-order valence-corrected chi connectivity index (χ3v) is 10.0. The number of ether oxygens (including phenoxy) is 3. The van der Waals surface area contributed by atoms with E-state index in [2.05, 4.69) is 85.2 Å². The van der Waals surface area contributed by atoms with Crippen LogP contribution in [0.5, 0.6) is 0 Å². The molecule has 0 saturated carbocycles. The van der Waals surface area contributed by atoms with Gasteiger partial charge in [0, 0.05) is 12.8 Å². The van der Waals surface area contributed by atoms with Crippen molar-refractivity contribution >= 4 is 25.7 Å². The van der Waals surface area contributed by atoms with E-state index in [1.807, 2.05) is 18.2 Å². The number of carboxylic acid groups (broad SMARTS) is 1. The average Bonchev–Trinajstić information content (AvgIpc) is 3.97. The van der Waals surface area contributed by atoms with E-state index < -0.39 is 57.7 Å². The molecule has 1 aliphatic heterocycles. The molecule has 0 spiro atoms. The van der Waals surface area contributed by atoms with Gasteiger partial charge in [-0.2, -0.15) is 0 Å². The third-order valence-electron chi connectivity index (χ3n) is 9.06. The molecule has 1 aliphatic rings. The second kappa shape index (κ2) is 36.5. The fraction of sp³-hybridized carbons (Fsp3) is 0.630. The van der Waals surface area contributed by atoms with E-state index in [1.54, 1.807) is 0 Å². The molecule has 1 rings (SSSR count). The summed E-state index contributed by atoms with van der Waals surface area (Å²) in [6.07, 6.45) is 46.8. The van der Waals surface area contributed by atoms with E-state index in [4.69, 9.17) is 29.6 Å². The monoisotopic (exact) mass is 847 g/mol. The second-order valence-electron chi connectivity index (χ2n) is 14.5. The smallest absolute Gasteiger partial charge is 0.472 e. The van der Waals surface area contributed by atoms with Crippen LogP contribution in [-0.2, 0) is 42.2 Å². The van der Waals surface area contributed by atoms with Gasteiger partial charge in [0.25, 0.3) is 0 Å². The van der Waals surface area contributed by atoms with Crippen molar-refractivity contribution in [2.45, 2.75) is 167 Å². The highest BCUT2D eigenvalue weighted by Crippen LogP contribution is 2.43. The number of carboxylic acids is 1. The lowest BCUT2D eigenvalue weighted by molar-refractivity contribution is -0.161. The van der Waals surface area contributed by atoms with Gasteiger partial charge in [-0.25, -0.2) is 4.57 Å². The third kappa shape index (κ3) is 34.1. The van der Waals surface area contributed by atoms with Gasteiger partial charge in [-0.05, 0) is 77.0 Å². The molecule has 0 aromatic rings. The SMILES string of the molecule is CC/C=C\C/C=C\C/C=C\C/C=C\C/C=C\C/C=C\CCC(=O)O[C@H](COC(=O)CCCCCCCC1OC1C/C=C\CCCCC)COP(=O)(O)OC[C@H](N)C(=O)O. The van der Waals surface area contributed by atoms with Crippen LogP contribution in [0.3, 0.4) is 0 Å². The van der Waals surface area contributed by atoms with Gasteiger partial charge in [0.2, 0.25) is 0 Å². The summed E-state index contributed by atoms with van der Waals surface area (Å²) in [7, 11) is -4.75. The molecule has 4 N–H and O–H groups in total. The largest absolute Gasteiger partial charge is 0.480 e. The Kier molecular flexibility index (Phi) is 33.2. The predicted molar refractivity (Wildman–Crippen MR) is 235 cm³/mol. The number of aliphatic carboxylic acids is 1. The van der Waals surface area contributed by atoms with E-state index in [0.717, 1.165) is 77.0 Å². The van der Waals surface area contributed by atoms with Gasteiger partial charge in [-0.1, -0.05) is 137 Å². The number of hydrogen-bond acceptors (Lipinski definition) is 10. The van der Waals surface area contributed by atoms with Crippen molar-refractivity contribution in [3.63, 3.8) is 0 Å². The summed E-state index contributed by atoms with van der Waals surface area (Å²) in [4.78, 5) is 46.0. The van der Waals surface area contributed by atoms with Crippen LogP contribution in [0, 0.1) is 0 Å². The number of hydrogen-bond donors (Lipinski definition) is 3. The number of carbonyl (C=O) groups is 3. The van der Waals surface area contributed by atoms with E-state index in [9.17, 15) is 23.8 Å². The molecular formula is C46H74NO11P. The highest BCUT2D eigenvalue weighted by atomic mass is 31.2. The Morgan fingerprint density at radius 2 is 1.20 bits per heavy atom. The quantitative estimate of drug-likeness (QED) is 0.0176. The zero-order chi connectivity index (χ0) is 43.2. The van der Waals surface area contributed by atoms with Crippen molar-refractivity contribution in [1.82, 2.24) is 0 Å². The molecule has 0 aromatic heterocycles. The van der Waals surface area contributed by atoms with Crippen molar-refractivity contribution < 1.29 is 52.2 Å². The molecule has 1 saturated heterocycles. The van der Waals surface area contributed by atoms with E-state index in [0.29, 0.717) is 31.5 Å². The fourth-order valence-corrected chi connectivity index (χ4v) is 6.34. The molecular weight excluding hydrogens is 773 g/mol. The first kappa shape index (κ1) is 53.6. The molecule has 0 aromatic carbocycles. The van der Waals surface area contributed by atoms with Crippen LogP contribution in [0.15, 0.2) is 85.1 Å².